The molecule has 0 aromatic heterocycles. The van der Waals surface area contributed by atoms with Gasteiger partial charge in [0.2, 0.25) is 5.91 Å². The maximum atomic E-state index is 12.1. The van der Waals surface area contributed by atoms with Crippen LogP contribution in [0.15, 0.2) is 30.3 Å². The van der Waals surface area contributed by atoms with Crippen molar-refractivity contribution in [1.29, 1.82) is 0 Å². The number of para-hydroxylation sites is 1. The van der Waals surface area contributed by atoms with Gasteiger partial charge in [0.15, 0.2) is 0 Å². The quantitative estimate of drug-likeness (QED) is 0.761. The number of benzene rings is 1. The van der Waals surface area contributed by atoms with Crippen LogP contribution in [-0.2, 0) is 4.79 Å². The van der Waals surface area contributed by atoms with E-state index < -0.39 is 0 Å². The molecule has 2 rings (SSSR count). The number of likely N-dealkylation sites (tertiary alicyclic amines) is 1. The van der Waals surface area contributed by atoms with Gasteiger partial charge in [0, 0.05) is 19.0 Å². The maximum absolute atomic E-state index is 12.1. The summed E-state index contributed by atoms with van der Waals surface area (Å²) in [6.45, 7) is 3.69. The lowest BCUT2D eigenvalue weighted by Crippen LogP contribution is -2.42. The van der Waals surface area contributed by atoms with Crippen molar-refractivity contribution in [2.45, 2.75) is 45.1 Å². The first-order valence-corrected chi connectivity index (χ1v) is 7.24. The Morgan fingerprint density at radius 1 is 1.32 bits per heavy atom. The van der Waals surface area contributed by atoms with Gasteiger partial charge in [-0.3, -0.25) is 4.79 Å². The van der Waals surface area contributed by atoms with E-state index in [1.54, 1.807) is 0 Å². The molecule has 1 aliphatic heterocycles. The van der Waals surface area contributed by atoms with E-state index in [9.17, 15) is 4.79 Å². The zero-order valence-electron chi connectivity index (χ0n) is 11.7. The minimum Gasteiger partial charge on any atom is -0.494 e. The first-order chi connectivity index (χ1) is 9.27. The average molecular weight is 261 g/mol. The summed E-state index contributed by atoms with van der Waals surface area (Å²) in [6.07, 6.45) is 4.93. The summed E-state index contributed by atoms with van der Waals surface area (Å²) in [7, 11) is 0. The molecular weight excluding hydrogens is 238 g/mol. The Morgan fingerprint density at radius 3 is 2.84 bits per heavy atom. The fourth-order valence-electron chi connectivity index (χ4n) is 2.54. The zero-order chi connectivity index (χ0) is 13.5. The van der Waals surface area contributed by atoms with E-state index in [4.69, 9.17) is 4.74 Å². The van der Waals surface area contributed by atoms with Crippen molar-refractivity contribution in [3.63, 3.8) is 0 Å². The molecule has 0 aliphatic carbocycles. The monoisotopic (exact) mass is 261 g/mol. The molecule has 104 valence electrons. The number of nitrogens with zero attached hydrogens (tertiary/aromatic N) is 1. The van der Waals surface area contributed by atoms with Gasteiger partial charge in [0.1, 0.15) is 5.75 Å². The Hall–Kier alpha value is -1.51. The van der Waals surface area contributed by atoms with E-state index in [0.29, 0.717) is 19.1 Å². The lowest BCUT2D eigenvalue weighted by atomic mass is 10.0. The van der Waals surface area contributed by atoms with E-state index in [1.807, 2.05) is 35.2 Å². The number of amides is 1. The molecule has 1 unspecified atom stereocenters. The second kappa shape index (κ2) is 7.17. The van der Waals surface area contributed by atoms with Crippen LogP contribution in [0.3, 0.4) is 0 Å². The molecule has 1 saturated heterocycles. The standard InChI is InChI=1S/C16H23NO2/c1-14-8-5-6-12-17(14)16(18)11-7-13-19-15-9-3-2-4-10-15/h2-4,9-10,14H,5-8,11-13H2,1H3. The molecule has 19 heavy (non-hydrogen) atoms. The van der Waals surface area contributed by atoms with Gasteiger partial charge in [0.05, 0.1) is 6.61 Å². The van der Waals surface area contributed by atoms with Crippen molar-refractivity contribution in [2.75, 3.05) is 13.2 Å². The minimum atomic E-state index is 0.281. The molecule has 1 atom stereocenters. The summed E-state index contributed by atoms with van der Waals surface area (Å²) >= 11 is 0. The Morgan fingerprint density at radius 2 is 2.11 bits per heavy atom. The van der Waals surface area contributed by atoms with Gasteiger partial charge >= 0.3 is 0 Å². The second-order valence-corrected chi connectivity index (χ2v) is 5.20. The summed E-state index contributed by atoms with van der Waals surface area (Å²) in [5, 5.41) is 0. The molecule has 1 fully saturated rings. The second-order valence-electron chi connectivity index (χ2n) is 5.20. The Kier molecular flexibility index (Phi) is 5.25. The number of piperidine rings is 1. The van der Waals surface area contributed by atoms with Crippen LogP contribution >= 0.6 is 0 Å². The van der Waals surface area contributed by atoms with Crippen molar-refractivity contribution in [1.82, 2.24) is 4.90 Å². The van der Waals surface area contributed by atoms with Gasteiger partial charge < -0.3 is 9.64 Å². The molecule has 1 amide bonds. The zero-order valence-corrected chi connectivity index (χ0v) is 11.7. The molecule has 0 spiro atoms. The smallest absolute Gasteiger partial charge is 0.222 e. The largest absolute Gasteiger partial charge is 0.494 e. The van der Waals surface area contributed by atoms with Gasteiger partial charge in [-0.1, -0.05) is 18.2 Å². The number of hydrogen-bond acceptors (Lipinski definition) is 2. The highest BCUT2D eigenvalue weighted by Crippen LogP contribution is 2.17. The molecule has 0 N–H and O–H groups in total. The maximum Gasteiger partial charge on any atom is 0.222 e. The fourth-order valence-corrected chi connectivity index (χ4v) is 2.54. The third kappa shape index (κ3) is 4.27. The van der Waals surface area contributed by atoms with Crippen LogP contribution in [0.4, 0.5) is 0 Å². The van der Waals surface area contributed by atoms with Gasteiger partial charge in [-0.05, 0) is 44.7 Å². The van der Waals surface area contributed by atoms with Crippen LogP contribution in [0.2, 0.25) is 0 Å². The molecule has 0 saturated carbocycles. The normalized spacial score (nSPS) is 19.2. The van der Waals surface area contributed by atoms with Gasteiger partial charge in [-0.25, -0.2) is 0 Å². The van der Waals surface area contributed by atoms with Crippen LogP contribution in [0.1, 0.15) is 39.0 Å². The molecule has 0 radical (unpaired) electrons. The molecule has 1 aromatic rings. The molecule has 3 nitrogen and oxygen atoms in total. The number of ether oxygens (including phenoxy) is 1. The van der Waals surface area contributed by atoms with E-state index in [1.165, 1.54) is 6.42 Å². The van der Waals surface area contributed by atoms with Crippen molar-refractivity contribution in [2.24, 2.45) is 0 Å². The minimum absolute atomic E-state index is 0.281. The van der Waals surface area contributed by atoms with Crippen molar-refractivity contribution < 1.29 is 9.53 Å². The fraction of sp³-hybridized carbons (Fsp3) is 0.562. The van der Waals surface area contributed by atoms with Crippen molar-refractivity contribution in [3.8, 4) is 5.75 Å². The Bertz CT molecular complexity index is 391. The summed E-state index contributed by atoms with van der Waals surface area (Å²) in [4.78, 5) is 14.1. The SMILES string of the molecule is CC1CCCCN1C(=O)CCCOc1ccccc1. The summed E-state index contributed by atoms with van der Waals surface area (Å²) in [6, 6.07) is 10.2. The predicted molar refractivity (Wildman–Crippen MR) is 76.2 cm³/mol. The summed E-state index contributed by atoms with van der Waals surface area (Å²) in [5.41, 5.74) is 0. The third-order valence-electron chi connectivity index (χ3n) is 3.67. The molecule has 1 aliphatic rings. The number of carbonyl (C=O) groups is 1. The highest BCUT2D eigenvalue weighted by atomic mass is 16.5. The molecule has 1 heterocycles. The van der Waals surface area contributed by atoms with Gasteiger partial charge in [-0.15, -0.1) is 0 Å². The predicted octanol–water partition coefficient (Wildman–Crippen LogP) is 3.25. The van der Waals surface area contributed by atoms with E-state index >= 15 is 0 Å². The number of hydrogen-bond donors (Lipinski definition) is 0. The van der Waals surface area contributed by atoms with E-state index in [-0.39, 0.29) is 5.91 Å². The topological polar surface area (TPSA) is 29.5 Å². The number of carbonyl (C=O) groups excluding carboxylic acids is 1. The van der Waals surface area contributed by atoms with Crippen LogP contribution in [-0.4, -0.2) is 30.0 Å². The molecule has 0 bridgehead atoms. The first kappa shape index (κ1) is 13.9. The third-order valence-corrected chi connectivity index (χ3v) is 3.67. The highest BCUT2D eigenvalue weighted by Gasteiger charge is 2.22. The van der Waals surface area contributed by atoms with Crippen LogP contribution in [0, 0.1) is 0 Å². The highest BCUT2D eigenvalue weighted by molar-refractivity contribution is 5.76. The van der Waals surface area contributed by atoms with Gasteiger partial charge in [-0.2, -0.15) is 0 Å². The lowest BCUT2D eigenvalue weighted by molar-refractivity contribution is -0.134. The van der Waals surface area contributed by atoms with E-state index in [2.05, 4.69) is 6.92 Å². The Balaban J connectivity index is 1.66. The Labute approximate surface area is 115 Å². The van der Waals surface area contributed by atoms with Crippen molar-refractivity contribution in [3.05, 3.63) is 30.3 Å². The summed E-state index contributed by atoms with van der Waals surface area (Å²) in [5.74, 6) is 1.16. The van der Waals surface area contributed by atoms with Gasteiger partial charge in [0.25, 0.3) is 0 Å². The molecule has 3 heteroatoms. The molecular formula is C16H23NO2. The van der Waals surface area contributed by atoms with Crippen LogP contribution in [0.25, 0.3) is 0 Å². The van der Waals surface area contributed by atoms with E-state index in [0.717, 1.165) is 31.6 Å². The summed E-state index contributed by atoms with van der Waals surface area (Å²) < 4.78 is 5.60. The van der Waals surface area contributed by atoms with Crippen molar-refractivity contribution >= 4 is 5.91 Å². The van der Waals surface area contributed by atoms with Crippen LogP contribution < -0.4 is 4.74 Å². The van der Waals surface area contributed by atoms with Crippen LogP contribution in [0.5, 0.6) is 5.75 Å². The first-order valence-electron chi connectivity index (χ1n) is 7.24. The number of rotatable bonds is 5. The molecule has 1 aromatic carbocycles. The lowest BCUT2D eigenvalue weighted by Gasteiger charge is -2.33. The average Bonchev–Trinajstić information content (AvgIpc) is 2.45.